The molecule has 1 aromatic carbocycles. The molecule has 2 aromatic heterocycles. The van der Waals surface area contributed by atoms with E-state index >= 15 is 0 Å². The quantitative estimate of drug-likeness (QED) is 0.369. The van der Waals surface area contributed by atoms with E-state index < -0.39 is 5.51 Å². The summed E-state index contributed by atoms with van der Waals surface area (Å²) in [6, 6.07) is 8.78. The highest BCUT2D eigenvalue weighted by atomic mass is 32.2. The van der Waals surface area contributed by atoms with E-state index in [2.05, 4.69) is 15.4 Å². The number of aromatic nitrogens is 3. The van der Waals surface area contributed by atoms with Gasteiger partial charge in [0.1, 0.15) is 11.6 Å². The second-order valence-corrected chi connectivity index (χ2v) is 10.3. The first-order chi connectivity index (χ1) is 17.0. The summed E-state index contributed by atoms with van der Waals surface area (Å²) in [5.74, 6) is -0.543. The molecule has 2 aliphatic heterocycles. The monoisotopic (exact) mass is 520 g/mol. The van der Waals surface area contributed by atoms with Crippen LogP contribution in [0.3, 0.4) is 0 Å². The van der Waals surface area contributed by atoms with E-state index in [4.69, 9.17) is 5.73 Å². The number of nitrogens with two attached hydrogens (primary N) is 1. The Morgan fingerprint density at radius 1 is 1.22 bits per heavy atom. The van der Waals surface area contributed by atoms with Crippen molar-refractivity contribution in [2.24, 2.45) is 0 Å². The normalized spacial score (nSPS) is 20.1. The number of carbonyl (C=O) groups is 1. The Balaban J connectivity index is 1.32. The largest absolute Gasteiger partial charge is 0.446 e. The summed E-state index contributed by atoms with van der Waals surface area (Å²) >= 11 is -0.301. The van der Waals surface area contributed by atoms with Crippen molar-refractivity contribution in [1.82, 2.24) is 25.0 Å². The molecule has 2 atom stereocenters. The van der Waals surface area contributed by atoms with E-state index in [0.29, 0.717) is 36.5 Å². The lowest BCUT2D eigenvalue weighted by Gasteiger charge is -2.25. The van der Waals surface area contributed by atoms with Gasteiger partial charge in [0.2, 0.25) is 0 Å². The van der Waals surface area contributed by atoms with Gasteiger partial charge in [0.25, 0.3) is 0 Å². The van der Waals surface area contributed by atoms with Crippen LogP contribution in [0, 0.1) is 5.82 Å². The van der Waals surface area contributed by atoms with Gasteiger partial charge < -0.3 is 16.0 Å². The zero-order chi connectivity index (χ0) is 25.7. The van der Waals surface area contributed by atoms with Crippen LogP contribution in [0.5, 0.6) is 0 Å². The molecule has 4 heterocycles. The van der Waals surface area contributed by atoms with Gasteiger partial charge in [0, 0.05) is 42.5 Å². The van der Waals surface area contributed by atoms with Crippen molar-refractivity contribution >= 4 is 23.6 Å². The van der Waals surface area contributed by atoms with Gasteiger partial charge in [0.15, 0.2) is 0 Å². The second-order valence-electron chi connectivity index (χ2n) is 9.22. The van der Waals surface area contributed by atoms with Crippen LogP contribution in [0.1, 0.15) is 37.1 Å². The highest BCUT2D eigenvalue weighted by Gasteiger charge is 2.47. The molecule has 0 bridgehead atoms. The maximum absolute atomic E-state index is 13.6. The summed E-state index contributed by atoms with van der Waals surface area (Å²) in [7, 11) is 0. The number of nitrogen functional groups attached to an aromatic ring is 1. The van der Waals surface area contributed by atoms with Crippen molar-refractivity contribution < 1.29 is 22.4 Å². The number of fused-ring (bicyclic) bond motifs is 2. The molecule has 3 N–H and O–H groups in total. The average molecular weight is 521 g/mol. The zero-order valence-corrected chi connectivity index (χ0v) is 20.2. The van der Waals surface area contributed by atoms with Gasteiger partial charge in [-0.25, -0.2) is 14.2 Å². The third-order valence-corrected chi connectivity index (χ3v) is 7.64. The first kappa shape index (κ1) is 24.4. The summed E-state index contributed by atoms with van der Waals surface area (Å²) in [5, 5.41) is 7.54. The van der Waals surface area contributed by atoms with Crippen molar-refractivity contribution in [1.29, 1.82) is 0 Å². The van der Waals surface area contributed by atoms with Gasteiger partial charge in [0.05, 0.1) is 16.6 Å². The minimum absolute atomic E-state index is 0.168. The smallest absolute Gasteiger partial charge is 0.383 e. The van der Waals surface area contributed by atoms with Crippen LogP contribution in [0.15, 0.2) is 47.5 Å². The number of benzene rings is 1. The molecule has 1 fully saturated rings. The molecule has 5 rings (SSSR count). The number of nitrogens with zero attached hydrogens (tertiary/aromatic N) is 4. The van der Waals surface area contributed by atoms with E-state index in [-0.39, 0.29) is 45.8 Å². The maximum Gasteiger partial charge on any atom is 0.446 e. The average Bonchev–Trinajstić information content (AvgIpc) is 3.51. The van der Waals surface area contributed by atoms with Crippen LogP contribution in [0.2, 0.25) is 0 Å². The fourth-order valence-electron chi connectivity index (χ4n) is 5.00. The number of aryl methyl sites for hydroxylation is 1. The minimum Gasteiger partial charge on any atom is -0.383 e. The minimum atomic E-state index is -4.48. The van der Waals surface area contributed by atoms with Gasteiger partial charge in [-0.15, -0.1) is 0 Å². The Labute approximate surface area is 209 Å². The Morgan fingerprint density at radius 2 is 2.00 bits per heavy atom. The van der Waals surface area contributed by atoms with Crippen LogP contribution < -0.4 is 11.1 Å². The molecule has 0 aliphatic carbocycles. The Hall–Kier alpha value is -3.28. The number of hydrogen-bond acceptors (Lipinski definition) is 5. The number of urea groups is 1. The maximum atomic E-state index is 13.6. The van der Waals surface area contributed by atoms with Crippen molar-refractivity contribution in [2.75, 3.05) is 18.8 Å². The molecule has 3 aromatic rings. The van der Waals surface area contributed by atoms with Crippen molar-refractivity contribution in [3.63, 3.8) is 0 Å². The lowest BCUT2D eigenvalue weighted by atomic mass is 9.82. The van der Waals surface area contributed by atoms with E-state index in [0.717, 1.165) is 18.5 Å². The number of amides is 2. The van der Waals surface area contributed by atoms with Crippen LogP contribution in [0.4, 0.5) is 28.2 Å². The van der Waals surface area contributed by atoms with E-state index in [9.17, 15) is 22.4 Å². The van der Waals surface area contributed by atoms with E-state index in [1.54, 1.807) is 24.0 Å². The molecule has 1 saturated heterocycles. The molecule has 2 aliphatic rings. The number of anilines is 1. The third-order valence-electron chi connectivity index (χ3n) is 6.86. The van der Waals surface area contributed by atoms with Gasteiger partial charge in [-0.2, -0.15) is 18.3 Å². The summed E-state index contributed by atoms with van der Waals surface area (Å²) in [6.07, 6.45) is 2.98. The fraction of sp³-hybridized carbons (Fsp3) is 0.375. The molecule has 12 heteroatoms. The first-order valence-electron chi connectivity index (χ1n) is 11.4. The van der Waals surface area contributed by atoms with Gasteiger partial charge in [-0.3, -0.25) is 4.68 Å². The fourth-order valence-corrected chi connectivity index (χ4v) is 5.59. The molecule has 36 heavy (non-hydrogen) atoms. The summed E-state index contributed by atoms with van der Waals surface area (Å²) in [5.41, 5.74) is 3.48. The third kappa shape index (κ3) is 4.73. The highest BCUT2D eigenvalue weighted by Crippen LogP contribution is 2.45. The summed E-state index contributed by atoms with van der Waals surface area (Å²) in [6.45, 7) is 3.51. The molecule has 0 radical (unpaired) electrons. The van der Waals surface area contributed by atoms with Gasteiger partial charge in [-0.1, -0.05) is 12.1 Å². The zero-order valence-electron chi connectivity index (χ0n) is 19.3. The molecule has 190 valence electrons. The van der Waals surface area contributed by atoms with Crippen LogP contribution in [-0.2, 0) is 12.0 Å². The Morgan fingerprint density at radius 3 is 2.75 bits per heavy atom. The first-order valence-corrected chi connectivity index (χ1v) is 12.3. The van der Waals surface area contributed by atoms with Crippen molar-refractivity contribution in [2.45, 2.75) is 48.2 Å². The number of halogens is 4. The number of alkyl halides is 3. The van der Waals surface area contributed by atoms with E-state index in [1.807, 2.05) is 10.7 Å². The van der Waals surface area contributed by atoms with Crippen LogP contribution >= 0.6 is 11.8 Å². The molecular weight excluding hydrogens is 496 g/mol. The number of rotatable bonds is 4. The molecule has 7 nitrogen and oxygen atoms in total. The summed E-state index contributed by atoms with van der Waals surface area (Å²) < 4.78 is 54.1. The van der Waals surface area contributed by atoms with Crippen LogP contribution in [0.25, 0.3) is 11.3 Å². The molecule has 0 saturated carbocycles. The Kier molecular flexibility index (Phi) is 6.09. The lowest BCUT2D eigenvalue weighted by molar-refractivity contribution is -0.0328. The predicted octanol–water partition coefficient (Wildman–Crippen LogP) is 5.10. The predicted molar refractivity (Wildman–Crippen MR) is 128 cm³/mol. The standard InChI is InChI=1S/C24H24F4N6OS/c1-14(15-3-2-4-17(25)9-15)31-22(35)33-7-5-23(13-33)6-8-34-20(23)11-18(32-34)16-10-19(21(29)30-12-16)36-24(26,27)28/h2-4,9-12,14H,5-8,13H2,1H3,(H2,29,30)(H,31,35)/t14-,23?/m1/s1. The molecule has 2 amide bonds. The molecular formula is C24H24F4N6OS. The summed E-state index contributed by atoms with van der Waals surface area (Å²) in [4.78, 5) is 18.5. The SMILES string of the molecule is C[C@@H](NC(=O)N1CCC2(CCn3nc(-c4cnc(N)c(SC(F)(F)F)c4)cc32)C1)c1cccc(F)c1. The number of likely N-dealkylation sites (tertiary alicyclic amines) is 1. The number of pyridine rings is 1. The lowest BCUT2D eigenvalue weighted by Crippen LogP contribution is -2.41. The van der Waals surface area contributed by atoms with Gasteiger partial charge in [-0.05, 0) is 61.4 Å². The number of hydrogen-bond donors (Lipinski definition) is 2. The number of thioether (sulfide) groups is 1. The Bertz CT molecular complexity index is 1310. The highest BCUT2D eigenvalue weighted by molar-refractivity contribution is 8.00. The van der Waals surface area contributed by atoms with Crippen molar-refractivity contribution in [3.8, 4) is 11.3 Å². The number of carbonyl (C=O) groups excluding carboxylic acids is 1. The van der Waals surface area contributed by atoms with Crippen molar-refractivity contribution in [3.05, 3.63) is 59.7 Å². The second kappa shape index (κ2) is 8.99. The topological polar surface area (TPSA) is 89.1 Å². The van der Waals surface area contributed by atoms with Gasteiger partial charge >= 0.3 is 11.5 Å². The number of nitrogens with one attached hydrogen (secondary N) is 1. The van der Waals surface area contributed by atoms with Crippen LogP contribution in [-0.4, -0.2) is 44.3 Å². The van der Waals surface area contributed by atoms with E-state index in [1.165, 1.54) is 24.4 Å². The molecule has 1 unspecified atom stereocenters. The molecule has 1 spiro atoms.